The third kappa shape index (κ3) is 4.13. The molecule has 0 aromatic carbocycles. The molecule has 0 unspecified atom stereocenters. The van der Waals surface area contributed by atoms with Crippen LogP contribution in [-0.2, 0) is 0 Å². The summed E-state index contributed by atoms with van der Waals surface area (Å²) >= 11 is 0. The van der Waals surface area contributed by atoms with Gasteiger partial charge in [0, 0.05) is 6.54 Å². The Morgan fingerprint density at radius 1 is 1.50 bits per heavy atom. The molecule has 2 N–H and O–H groups in total. The van der Waals surface area contributed by atoms with Crippen molar-refractivity contribution in [3.63, 3.8) is 0 Å². The zero-order valence-electron chi connectivity index (χ0n) is 6.61. The molecule has 0 atom stereocenters. The fraction of sp³-hybridized carbons (Fsp3) is 0.444. The molecule has 1 nitrogen and oxygen atoms in total. The molecule has 0 aliphatic carbocycles. The first kappa shape index (κ1) is 9.22. The molecule has 1 heteroatoms. The van der Waals surface area contributed by atoms with Crippen LogP contribution in [0, 0.1) is 0 Å². The average molecular weight is 137 g/mol. The fourth-order valence-electron chi connectivity index (χ4n) is 0.627. The van der Waals surface area contributed by atoms with Crippen LogP contribution >= 0.6 is 0 Å². The Bertz CT molecular complexity index is 162. The van der Waals surface area contributed by atoms with Gasteiger partial charge < -0.3 is 5.73 Å². The van der Waals surface area contributed by atoms with Gasteiger partial charge in [-0.05, 0) is 25.3 Å². The lowest BCUT2D eigenvalue weighted by Gasteiger charge is -1.99. The molecular weight excluding hydrogens is 122 g/mol. The second kappa shape index (κ2) is 5.04. The molecule has 56 valence electrons. The highest BCUT2D eigenvalue weighted by atomic mass is 14.5. The van der Waals surface area contributed by atoms with Crippen LogP contribution in [0.4, 0.5) is 0 Å². The molecule has 0 radical (unpaired) electrons. The monoisotopic (exact) mass is 137 g/mol. The van der Waals surface area contributed by atoms with Gasteiger partial charge in [-0.2, -0.15) is 0 Å². The van der Waals surface area contributed by atoms with Gasteiger partial charge in [0.25, 0.3) is 0 Å². The minimum absolute atomic E-state index is 0.566. The van der Waals surface area contributed by atoms with E-state index in [0.29, 0.717) is 6.54 Å². The van der Waals surface area contributed by atoms with Crippen LogP contribution in [0.2, 0.25) is 0 Å². The molecule has 0 saturated heterocycles. The molecule has 0 rings (SSSR count). The molecule has 0 bridgehead atoms. The van der Waals surface area contributed by atoms with E-state index in [1.165, 1.54) is 5.57 Å². The van der Waals surface area contributed by atoms with E-state index in [1.807, 2.05) is 6.92 Å². The van der Waals surface area contributed by atoms with E-state index in [4.69, 9.17) is 5.73 Å². The summed E-state index contributed by atoms with van der Waals surface area (Å²) in [5.74, 6) is 0. The van der Waals surface area contributed by atoms with Gasteiger partial charge in [-0.15, -0.1) is 12.3 Å². The maximum Gasteiger partial charge on any atom is 0.0213 e. The van der Waals surface area contributed by atoms with Crippen LogP contribution in [0.5, 0.6) is 0 Å². The summed E-state index contributed by atoms with van der Waals surface area (Å²) in [6.07, 6.45) is 1.95. The minimum Gasteiger partial charge on any atom is -0.326 e. The molecule has 0 aliphatic rings. The largest absolute Gasteiger partial charge is 0.326 e. The Balaban J connectivity index is 3.67. The molecule has 0 fully saturated rings. The van der Waals surface area contributed by atoms with E-state index in [-0.39, 0.29) is 0 Å². The second-order valence-electron chi connectivity index (χ2n) is 2.44. The smallest absolute Gasteiger partial charge is 0.0213 e. The average Bonchev–Trinajstić information content (AvgIpc) is 1.90. The van der Waals surface area contributed by atoms with Crippen LogP contribution in [0.3, 0.4) is 0 Å². The summed E-state index contributed by atoms with van der Waals surface area (Å²) in [5.41, 5.74) is 10.5. The van der Waals surface area contributed by atoms with Crippen LogP contribution in [0.15, 0.2) is 30.0 Å². The quantitative estimate of drug-likeness (QED) is 0.465. The third-order valence-corrected chi connectivity index (χ3v) is 1.35. The van der Waals surface area contributed by atoms with Gasteiger partial charge >= 0.3 is 0 Å². The maximum absolute atomic E-state index is 5.40. The van der Waals surface area contributed by atoms with Gasteiger partial charge in [0.1, 0.15) is 0 Å². The lowest BCUT2D eigenvalue weighted by molar-refractivity contribution is 0.897. The zero-order chi connectivity index (χ0) is 7.98. The fourth-order valence-corrected chi connectivity index (χ4v) is 0.627. The summed E-state index contributed by atoms with van der Waals surface area (Å²) in [7, 11) is 0. The Morgan fingerprint density at radius 3 is 2.40 bits per heavy atom. The highest BCUT2D eigenvalue weighted by Gasteiger charge is 1.92. The van der Waals surface area contributed by atoms with E-state index in [0.717, 1.165) is 18.4 Å². The summed E-state index contributed by atoms with van der Waals surface area (Å²) in [4.78, 5) is 0. The SMILES string of the molecule is C=C=C(CN)CCC(=C)C. The Kier molecular flexibility index (Phi) is 4.65. The van der Waals surface area contributed by atoms with Crippen LogP contribution in [-0.4, -0.2) is 6.54 Å². The summed E-state index contributed by atoms with van der Waals surface area (Å²) in [6.45, 7) is 9.91. The van der Waals surface area contributed by atoms with Crippen molar-refractivity contribution in [3.05, 3.63) is 30.0 Å². The topological polar surface area (TPSA) is 26.0 Å². The lowest BCUT2D eigenvalue weighted by Crippen LogP contribution is -2.01. The van der Waals surface area contributed by atoms with Crippen molar-refractivity contribution in [1.29, 1.82) is 0 Å². The number of hydrogen-bond donors (Lipinski definition) is 1. The van der Waals surface area contributed by atoms with Crippen molar-refractivity contribution < 1.29 is 0 Å². The van der Waals surface area contributed by atoms with E-state index < -0.39 is 0 Å². The lowest BCUT2D eigenvalue weighted by atomic mass is 10.1. The van der Waals surface area contributed by atoms with Crippen molar-refractivity contribution in [2.45, 2.75) is 19.8 Å². The molecule has 0 aromatic rings. The Hall–Kier alpha value is -0.780. The standard InChI is InChI=1S/C9H15N/c1-4-9(7-10)6-5-8(2)3/h1-2,5-7,10H2,3H3. The van der Waals surface area contributed by atoms with Crippen LogP contribution in [0.1, 0.15) is 19.8 Å². The van der Waals surface area contributed by atoms with Gasteiger partial charge in [-0.25, -0.2) is 0 Å². The molecule has 10 heavy (non-hydrogen) atoms. The van der Waals surface area contributed by atoms with Crippen LogP contribution in [0.25, 0.3) is 0 Å². The van der Waals surface area contributed by atoms with Gasteiger partial charge in [-0.1, -0.05) is 12.2 Å². The first-order valence-electron chi connectivity index (χ1n) is 3.43. The molecule has 0 aromatic heterocycles. The Labute approximate surface area is 62.9 Å². The molecule has 0 spiro atoms. The molecule has 0 amide bonds. The van der Waals surface area contributed by atoms with E-state index in [2.05, 4.69) is 18.9 Å². The molecule has 0 heterocycles. The minimum atomic E-state index is 0.566. The predicted molar refractivity (Wildman–Crippen MR) is 45.8 cm³/mol. The first-order valence-corrected chi connectivity index (χ1v) is 3.43. The van der Waals surface area contributed by atoms with Gasteiger partial charge in [-0.3, -0.25) is 0 Å². The molecule has 0 aliphatic heterocycles. The number of rotatable bonds is 4. The summed E-state index contributed by atoms with van der Waals surface area (Å²) in [5, 5.41) is 0. The van der Waals surface area contributed by atoms with Crippen LogP contribution < -0.4 is 5.73 Å². The maximum atomic E-state index is 5.40. The number of nitrogens with two attached hydrogens (primary N) is 1. The van der Waals surface area contributed by atoms with Crippen molar-refractivity contribution >= 4 is 0 Å². The highest BCUT2D eigenvalue weighted by molar-refractivity contribution is 5.04. The third-order valence-electron chi connectivity index (χ3n) is 1.35. The predicted octanol–water partition coefficient (Wildman–Crippen LogP) is 2.01. The summed E-state index contributed by atoms with van der Waals surface area (Å²) < 4.78 is 0. The van der Waals surface area contributed by atoms with E-state index in [1.54, 1.807) is 0 Å². The second-order valence-corrected chi connectivity index (χ2v) is 2.44. The summed E-state index contributed by atoms with van der Waals surface area (Å²) in [6, 6.07) is 0. The number of hydrogen-bond acceptors (Lipinski definition) is 1. The zero-order valence-corrected chi connectivity index (χ0v) is 6.61. The number of allylic oxidation sites excluding steroid dienone is 1. The van der Waals surface area contributed by atoms with Crippen molar-refractivity contribution in [1.82, 2.24) is 0 Å². The molecular formula is C9H15N. The van der Waals surface area contributed by atoms with Gasteiger partial charge in [0.05, 0.1) is 0 Å². The van der Waals surface area contributed by atoms with E-state index >= 15 is 0 Å². The van der Waals surface area contributed by atoms with E-state index in [9.17, 15) is 0 Å². The van der Waals surface area contributed by atoms with Gasteiger partial charge in [0.15, 0.2) is 0 Å². The van der Waals surface area contributed by atoms with Crippen molar-refractivity contribution in [2.24, 2.45) is 5.73 Å². The van der Waals surface area contributed by atoms with Gasteiger partial charge in [0.2, 0.25) is 0 Å². The highest BCUT2D eigenvalue weighted by Crippen LogP contribution is 2.06. The van der Waals surface area contributed by atoms with Crippen molar-refractivity contribution in [3.8, 4) is 0 Å². The van der Waals surface area contributed by atoms with Crippen molar-refractivity contribution in [2.75, 3.05) is 6.54 Å². The normalized spacial score (nSPS) is 8.60. The Morgan fingerprint density at radius 2 is 2.10 bits per heavy atom. The first-order chi connectivity index (χ1) is 4.70. The molecule has 0 saturated carbocycles.